The van der Waals surface area contributed by atoms with Gasteiger partial charge in [0.25, 0.3) is 11.8 Å². The van der Waals surface area contributed by atoms with Crippen LogP contribution in [0.25, 0.3) is 0 Å². The highest BCUT2D eigenvalue weighted by molar-refractivity contribution is 8.00. The van der Waals surface area contributed by atoms with Crippen LogP contribution < -0.4 is 9.80 Å². The third-order valence-electron chi connectivity index (χ3n) is 6.14. The number of nitrogens with zero attached hydrogens (tertiary/aromatic N) is 4. The molecule has 0 atom stereocenters. The van der Waals surface area contributed by atoms with E-state index >= 15 is 0 Å². The van der Waals surface area contributed by atoms with E-state index in [1.807, 2.05) is 0 Å². The van der Waals surface area contributed by atoms with E-state index in [2.05, 4.69) is 4.98 Å². The third kappa shape index (κ3) is 5.48. The van der Waals surface area contributed by atoms with E-state index in [1.165, 1.54) is 46.5 Å². The van der Waals surface area contributed by atoms with E-state index < -0.39 is 23.0 Å². The SMILES string of the molecule is CN(C(=O)c1cnccc1CN1C(=O)N(c2ccc(SC(F)(F)F)cc2)C(=O)C1(C)C)c1ccc(Cl)cc1. The van der Waals surface area contributed by atoms with Gasteiger partial charge in [-0.05, 0) is 85.8 Å². The third-order valence-corrected chi connectivity index (χ3v) is 7.13. The van der Waals surface area contributed by atoms with Crippen LogP contribution >= 0.6 is 23.4 Å². The molecule has 7 nitrogen and oxygen atoms in total. The van der Waals surface area contributed by atoms with E-state index in [0.29, 0.717) is 16.3 Å². The smallest absolute Gasteiger partial charge is 0.311 e. The van der Waals surface area contributed by atoms with Gasteiger partial charge in [0, 0.05) is 41.6 Å². The molecule has 0 bridgehead atoms. The first kappa shape index (κ1) is 27.5. The van der Waals surface area contributed by atoms with Gasteiger partial charge in [-0.1, -0.05) is 11.6 Å². The molecule has 1 aromatic heterocycles. The van der Waals surface area contributed by atoms with Gasteiger partial charge in [0.2, 0.25) is 0 Å². The lowest BCUT2D eigenvalue weighted by Crippen LogP contribution is -2.44. The largest absolute Gasteiger partial charge is 0.446 e. The summed E-state index contributed by atoms with van der Waals surface area (Å²) < 4.78 is 38.0. The molecule has 1 saturated heterocycles. The lowest BCUT2D eigenvalue weighted by Gasteiger charge is -2.28. The van der Waals surface area contributed by atoms with Crippen LogP contribution in [0.5, 0.6) is 0 Å². The van der Waals surface area contributed by atoms with Gasteiger partial charge >= 0.3 is 11.5 Å². The molecule has 2 aromatic carbocycles. The minimum absolute atomic E-state index is 0.0683. The average Bonchev–Trinajstić information content (AvgIpc) is 3.03. The number of alkyl halides is 3. The number of thioether (sulfide) groups is 1. The molecule has 4 amide bonds. The van der Waals surface area contributed by atoms with Crippen molar-refractivity contribution in [2.75, 3.05) is 16.8 Å². The molecule has 198 valence electrons. The Bertz CT molecular complexity index is 1380. The number of amides is 4. The van der Waals surface area contributed by atoms with E-state index in [1.54, 1.807) is 51.2 Å². The minimum Gasteiger partial charge on any atom is -0.311 e. The Morgan fingerprint density at radius 3 is 2.29 bits per heavy atom. The van der Waals surface area contributed by atoms with Gasteiger partial charge in [0.05, 0.1) is 11.3 Å². The second-order valence-corrected chi connectivity index (χ2v) is 10.6. The van der Waals surface area contributed by atoms with Crippen LogP contribution in [0.1, 0.15) is 29.8 Å². The lowest BCUT2D eigenvalue weighted by molar-refractivity contribution is -0.123. The molecule has 0 radical (unpaired) electrons. The Morgan fingerprint density at radius 2 is 1.68 bits per heavy atom. The van der Waals surface area contributed by atoms with Gasteiger partial charge in [0.15, 0.2) is 0 Å². The van der Waals surface area contributed by atoms with E-state index in [4.69, 9.17) is 11.6 Å². The molecule has 4 rings (SSSR count). The van der Waals surface area contributed by atoms with Crippen LogP contribution in [0.4, 0.5) is 29.3 Å². The second-order valence-electron chi connectivity index (χ2n) is 8.98. The molecule has 0 spiro atoms. The number of carbonyl (C=O) groups excluding carboxylic acids is 3. The van der Waals surface area contributed by atoms with Crippen LogP contribution in [0, 0.1) is 0 Å². The first-order valence-corrected chi connectivity index (χ1v) is 12.5. The maximum Gasteiger partial charge on any atom is 0.446 e. The minimum atomic E-state index is -4.46. The molecule has 38 heavy (non-hydrogen) atoms. The van der Waals surface area contributed by atoms with E-state index in [0.717, 1.165) is 4.90 Å². The molecule has 12 heteroatoms. The summed E-state index contributed by atoms with van der Waals surface area (Å²) >= 11 is 5.66. The number of urea groups is 1. The van der Waals surface area contributed by atoms with Crippen molar-refractivity contribution in [2.45, 2.75) is 36.3 Å². The standard InChI is InChI=1S/C26H22ClF3N4O3S/c1-25(2)23(36)34(19-8-10-20(11-9-19)38-26(28,29)30)24(37)33(25)15-16-12-13-31-14-21(16)22(35)32(3)18-6-4-17(27)5-7-18/h4-14H,15H2,1-3H3. The van der Waals surface area contributed by atoms with Crippen LogP contribution in [0.15, 0.2) is 71.9 Å². The number of hydrogen-bond acceptors (Lipinski definition) is 5. The first-order chi connectivity index (χ1) is 17.8. The predicted molar refractivity (Wildman–Crippen MR) is 139 cm³/mol. The van der Waals surface area contributed by atoms with Crippen molar-refractivity contribution in [1.29, 1.82) is 0 Å². The summed E-state index contributed by atoms with van der Waals surface area (Å²) in [6.45, 7) is 3.07. The Labute approximate surface area is 226 Å². The van der Waals surface area contributed by atoms with Gasteiger partial charge in [-0.25, -0.2) is 9.69 Å². The monoisotopic (exact) mass is 562 g/mol. The van der Waals surface area contributed by atoms with Gasteiger partial charge in [-0.15, -0.1) is 0 Å². The normalized spacial score (nSPS) is 15.2. The highest BCUT2D eigenvalue weighted by Gasteiger charge is 2.52. The van der Waals surface area contributed by atoms with Gasteiger partial charge in [-0.3, -0.25) is 14.6 Å². The zero-order chi connectivity index (χ0) is 27.8. The number of imide groups is 1. The van der Waals surface area contributed by atoms with Crippen molar-refractivity contribution >= 4 is 52.6 Å². The number of benzene rings is 2. The number of pyridine rings is 1. The number of halogens is 4. The molecule has 0 N–H and O–H groups in total. The summed E-state index contributed by atoms with van der Waals surface area (Å²) in [5.74, 6) is -0.917. The molecule has 0 saturated carbocycles. The topological polar surface area (TPSA) is 73.8 Å². The number of aromatic nitrogens is 1. The van der Waals surface area contributed by atoms with Gasteiger partial charge < -0.3 is 9.80 Å². The Kier molecular flexibility index (Phi) is 7.44. The van der Waals surface area contributed by atoms with Crippen LogP contribution in [-0.4, -0.2) is 45.8 Å². The summed E-state index contributed by atoms with van der Waals surface area (Å²) in [6.07, 6.45) is 2.88. The van der Waals surface area contributed by atoms with Crippen molar-refractivity contribution in [1.82, 2.24) is 9.88 Å². The van der Waals surface area contributed by atoms with Crippen molar-refractivity contribution in [3.8, 4) is 0 Å². The molecular weight excluding hydrogens is 541 g/mol. The molecule has 3 aromatic rings. The van der Waals surface area contributed by atoms with Crippen molar-refractivity contribution in [2.24, 2.45) is 0 Å². The van der Waals surface area contributed by atoms with Crippen molar-refractivity contribution < 1.29 is 27.6 Å². The van der Waals surface area contributed by atoms with Crippen LogP contribution in [0.2, 0.25) is 5.02 Å². The maximum absolute atomic E-state index is 13.4. The zero-order valence-electron chi connectivity index (χ0n) is 20.5. The van der Waals surface area contributed by atoms with Gasteiger partial charge in [-0.2, -0.15) is 13.2 Å². The summed E-state index contributed by atoms with van der Waals surface area (Å²) in [5, 5.41) is 0.523. The molecule has 1 aliphatic heterocycles. The molecule has 2 heterocycles. The summed E-state index contributed by atoms with van der Waals surface area (Å²) in [4.78, 5) is 47.7. The fourth-order valence-corrected chi connectivity index (χ4v) is 4.68. The fourth-order valence-electron chi connectivity index (χ4n) is 4.01. The van der Waals surface area contributed by atoms with Gasteiger partial charge in [0.1, 0.15) is 5.54 Å². The maximum atomic E-state index is 13.4. The molecule has 0 aliphatic carbocycles. The van der Waals surface area contributed by atoms with Crippen LogP contribution in [-0.2, 0) is 11.3 Å². The molecule has 1 aliphatic rings. The number of anilines is 2. The number of rotatable bonds is 6. The predicted octanol–water partition coefficient (Wildman–Crippen LogP) is 6.37. The molecule has 0 unspecified atom stereocenters. The van der Waals surface area contributed by atoms with Crippen molar-refractivity contribution in [3.63, 3.8) is 0 Å². The number of carbonyl (C=O) groups is 3. The molecule has 1 fully saturated rings. The Morgan fingerprint density at radius 1 is 1.05 bits per heavy atom. The Hall–Kier alpha value is -3.57. The van der Waals surface area contributed by atoms with Crippen LogP contribution in [0.3, 0.4) is 0 Å². The van der Waals surface area contributed by atoms with E-state index in [9.17, 15) is 27.6 Å². The highest BCUT2D eigenvalue weighted by atomic mass is 35.5. The number of hydrogen-bond donors (Lipinski definition) is 0. The highest BCUT2D eigenvalue weighted by Crippen LogP contribution is 2.39. The summed E-state index contributed by atoms with van der Waals surface area (Å²) in [5.41, 5.74) is -4.29. The second kappa shape index (κ2) is 10.3. The quantitative estimate of drug-likeness (QED) is 0.258. The fraction of sp³-hybridized carbons (Fsp3) is 0.231. The Balaban J connectivity index is 1.60. The molecular formula is C26H22ClF3N4O3S. The van der Waals surface area contributed by atoms with E-state index in [-0.39, 0.29) is 40.4 Å². The average molecular weight is 563 g/mol. The van der Waals surface area contributed by atoms with Crippen molar-refractivity contribution in [3.05, 3.63) is 83.1 Å². The summed E-state index contributed by atoms with van der Waals surface area (Å²) in [6, 6.07) is 12.6. The first-order valence-electron chi connectivity index (χ1n) is 11.3. The zero-order valence-corrected chi connectivity index (χ0v) is 22.1. The lowest BCUT2D eigenvalue weighted by atomic mass is 10.0. The summed E-state index contributed by atoms with van der Waals surface area (Å²) in [7, 11) is 1.60.